The van der Waals surface area contributed by atoms with E-state index in [1.165, 1.54) is 0 Å². The number of aryl methyl sites for hydroxylation is 1. The van der Waals surface area contributed by atoms with Gasteiger partial charge in [0.1, 0.15) is 0 Å². The maximum Gasteiger partial charge on any atom is 0.0709 e. The average molecular weight is 214 g/mol. The molecule has 78 valence electrons. The smallest absolute Gasteiger partial charge is 0.0709 e. The number of nitrogens with one attached hydrogen (secondary N) is 1. The number of rotatable bonds is 4. The van der Waals surface area contributed by atoms with E-state index in [-0.39, 0.29) is 6.10 Å². The predicted molar refractivity (Wildman–Crippen MR) is 61.0 cm³/mol. The Bertz CT molecular complexity index is 281. The quantitative estimate of drug-likeness (QED) is 0.806. The third-order valence-electron chi connectivity index (χ3n) is 2.21. The summed E-state index contributed by atoms with van der Waals surface area (Å²) in [5.41, 5.74) is 2.02. The Labute approximate surface area is 89.9 Å². The van der Waals surface area contributed by atoms with E-state index in [1.807, 2.05) is 32.0 Å². The van der Waals surface area contributed by atoms with Crippen LogP contribution in [0.25, 0.3) is 0 Å². The largest absolute Gasteiger partial charge is 0.391 e. The second-order valence-corrected chi connectivity index (χ2v) is 3.78. The molecule has 2 N–H and O–H groups in total. The Hall–Kier alpha value is -0.730. The molecule has 1 aromatic rings. The van der Waals surface area contributed by atoms with E-state index in [1.54, 1.807) is 0 Å². The van der Waals surface area contributed by atoms with Crippen molar-refractivity contribution in [1.29, 1.82) is 0 Å². The molecule has 3 heteroatoms. The summed E-state index contributed by atoms with van der Waals surface area (Å²) < 4.78 is 0. The number of halogens is 1. The van der Waals surface area contributed by atoms with Gasteiger partial charge in [0.2, 0.25) is 0 Å². The van der Waals surface area contributed by atoms with Gasteiger partial charge in [0.05, 0.1) is 16.8 Å². The highest BCUT2D eigenvalue weighted by atomic mass is 35.5. The van der Waals surface area contributed by atoms with Crippen molar-refractivity contribution in [3.8, 4) is 0 Å². The van der Waals surface area contributed by atoms with Crippen LogP contribution in [-0.2, 0) is 0 Å². The predicted octanol–water partition coefficient (Wildman–Crippen LogP) is 2.83. The molecule has 0 saturated heterocycles. The van der Waals surface area contributed by atoms with Gasteiger partial charge in [-0.3, -0.25) is 0 Å². The minimum Gasteiger partial charge on any atom is -0.391 e. The van der Waals surface area contributed by atoms with Crippen LogP contribution in [0.2, 0.25) is 5.02 Å². The molecule has 0 aliphatic heterocycles. The summed E-state index contributed by atoms with van der Waals surface area (Å²) in [7, 11) is 0. The van der Waals surface area contributed by atoms with Crippen LogP contribution < -0.4 is 5.32 Å². The molecule has 2 nitrogen and oxygen atoms in total. The van der Waals surface area contributed by atoms with Crippen LogP contribution in [0.15, 0.2) is 18.2 Å². The van der Waals surface area contributed by atoms with Gasteiger partial charge in [0, 0.05) is 6.54 Å². The van der Waals surface area contributed by atoms with E-state index >= 15 is 0 Å². The molecule has 0 aromatic heterocycles. The van der Waals surface area contributed by atoms with E-state index in [0.717, 1.165) is 17.7 Å². The highest BCUT2D eigenvalue weighted by Gasteiger charge is 2.05. The second kappa shape index (κ2) is 5.23. The Balaban J connectivity index is 2.66. The molecule has 1 rings (SSSR count). The van der Waals surface area contributed by atoms with Crippen molar-refractivity contribution in [2.45, 2.75) is 26.4 Å². The fourth-order valence-corrected chi connectivity index (χ4v) is 1.51. The van der Waals surface area contributed by atoms with E-state index in [2.05, 4.69) is 5.32 Å². The van der Waals surface area contributed by atoms with Crippen LogP contribution >= 0.6 is 11.6 Å². The molecule has 0 aliphatic rings. The summed E-state index contributed by atoms with van der Waals surface area (Å²) in [5.74, 6) is 0. The van der Waals surface area contributed by atoms with E-state index < -0.39 is 0 Å². The maximum atomic E-state index is 9.40. The lowest BCUT2D eigenvalue weighted by molar-refractivity contribution is 0.183. The molecule has 0 fully saturated rings. The van der Waals surface area contributed by atoms with Crippen molar-refractivity contribution < 1.29 is 5.11 Å². The van der Waals surface area contributed by atoms with Crippen LogP contribution in [0, 0.1) is 6.92 Å². The normalized spacial score (nSPS) is 12.6. The fraction of sp³-hybridized carbons (Fsp3) is 0.455. The Morgan fingerprint density at radius 2 is 2.21 bits per heavy atom. The second-order valence-electron chi connectivity index (χ2n) is 3.37. The molecule has 14 heavy (non-hydrogen) atoms. The van der Waals surface area contributed by atoms with Crippen molar-refractivity contribution >= 4 is 17.3 Å². The summed E-state index contributed by atoms with van der Waals surface area (Å²) in [6.45, 7) is 4.49. The first-order chi connectivity index (χ1) is 6.65. The summed E-state index contributed by atoms with van der Waals surface area (Å²) in [4.78, 5) is 0. The molecule has 0 radical (unpaired) electrons. The first-order valence-corrected chi connectivity index (χ1v) is 5.20. The van der Waals surface area contributed by atoms with E-state index in [9.17, 15) is 5.11 Å². The van der Waals surface area contributed by atoms with Gasteiger partial charge in [-0.1, -0.05) is 30.7 Å². The topological polar surface area (TPSA) is 32.3 Å². The van der Waals surface area contributed by atoms with Gasteiger partial charge in [-0.2, -0.15) is 0 Å². The van der Waals surface area contributed by atoms with Gasteiger partial charge in [-0.15, -0.1) is 0 Å². The third kappa shape index (κ3) is 2.89. The van der Waals surface area contributed by atoms with Gasteiger partial charge in [0.25, 0.3) is 0 Å². The van der Waals surface area contributed by atoms with Crippen LogP contribution in [0.1, 0.15) is 18.9 Å². The van der Waals surface area contributed by atoms with Crippen LogP contribution in [0.4, 0.5) is 5.69 Å². The molecule has 0 aliphatic carbocycles. The van der Waals surface area contributed by atoms with Crippen molar-refractivity contribution in [2.75, 3.05) is 11.9 Å². The molecule has 0 amide bonds. The molecule has 0 heterocycles. The molecule has 0 saturated carbocycles. The molecule has 0 spiro atoms. The van der Waals surface area contributed by atoms with E-state index in [0.29, 0.717) is 11.6 Å². The van der Waals surface area contributed by atoms with Gasteiger partial charge in [-0.25, -0.2) is 0 Å². The summed E-state index contributed by atoms with van der Waals surface area (Å²) in [5, 5.41) is 13.2. The van der Waals surface area contributed by atoms with Gasteiger partial charge in [0.15, 0.2) is 0 Å². The summed E-state index contributed by atoms with van der Waals surface area (Å²) in [6, 6.07) is 5.75. The van der Waals surface area contributed by atoms with Crippen molar-refractivity contribution in [3.05, 3.63) is 28.8 Å². The zero-order valence-electron chi connectivity index (χ0n) is 8.55. The molecule has 1 atom stereocenters. The SMILES string of the molecule is CCC(O)CNc1c(C)cccc1Cl. The minimum absolute atomic E-state index is 0.314. The number of aliphatic hydroxyl groups is 1. The number of hydrogen-bond acceptors (Lipinski definition) is 2. The Morgan fingerprint density at radius 3 is 2.79 bits per heavy atom. The monoisotopic (exact) mass is 213 g/mol. The van der Waals surface area contributed by atoms with Gasteiger partial charge in [-0.05, 0) is 25.0 Å². The highest BCUT2D eigenvalue weighted by molar-refractivity contribution is 6.33. The highest BCUT2D eigenvalue weighted by Crippen LogP contribution is 2.24. The number of para-hydroxylation sites is 1. The first-order valence-electron chi connectivity index (χ1n) is 4.82. The molecular weight excluding hydrogens is 198 g/mol. The number of benzene rings is 1. The Morgan fingerprint density at radius 1 is 1.50 bits per heavy atom. The minimum atomic E-state index is -0.314. The molecule has 0 bridgehead atoms. The van der Waals surface area contributed by atoms with Crippen molar-refractivity contribution in [1.82, 2.24) is 0 Å². The van der Waals surface area contributed by atoms with Crippen LogP contribution in [0.5, 0.6) is 0 Å². The van der Waals surface area contributed by atoms with Crippen molar-refractivity contribution in [2.24, 2.45) is 0 Å². The van der Waals surface area contributed by atoms with Gasteiger partial charge < -0.3 is 10.4 Å². The zero-order chi connectivity index (χ0) is 10.6. The number of hydrogen-bond donors (Lipinski definition) is 2. The lowest BCUT2D eigenvalue weighted by Crippen LogP contribution is -2.18. The molecule has 1 unspecified atom stereocenters. The molecule has 1 aromatic carbocycles. The molecular formula is C11H16ClNO. The number of anilines is 1. The van der Waals surface area contributed by atoms with Crippen LogP contribution in [-0.4, -0.2) is 17.8 Å². The maximum absolute atomic E-state index is 9.40. The first kappa shape index (κ1) is 11.3. The average Bonchev–Trinajstić information content (AvgIpc) is 2.16. The lowest BCUT2D eigenvalue weighted by Gasteiger charge is -2.13. The lowest BCUT2D eigenvalue weighted by atomic mass is 10.2. The van der Waals surface area contributed by atoms with Crippen LogP contribution in [0.3, 0.4) is 0 Å². The fourth-order valence-electron chi connectivity index (χ4n) is 1.22. The van der Waals surface area contributed by atoms with Gasteiger partial charge >= 0.3 is 0 Å². The Kier molecular flexibility index (Phi) is 4.23. The van der Waals surface area contributed by atoms with E-state index in [4.69, 9.17) is 11.6 Å². The summed E-state index contributed by atoms with van der Waals surface area (Å²) >= 11 is 6.01. The third-order valence-corrected chi connectivity index (χ3v) is 2.52. The van der Waals surface area contributed by atoms with Crippen molar-refractivity contribution in [3.63, 3.8) is 0 Å². The standard InChI is InChI=1S/C11H16ClNO/c1-3-9(14)7-13-11-8(2)5-4-6-10(11)12/h4-6,9,13-14H,3,7H2,1-2H3. The zero-order valence-corrected chi connectivity index (χ0v) is 9.30. The summed E-state index contributed by atoms with van der Waals surface area (Å²) in [6.07, 6.45) is 0.432. The number of aliphatic hydroxyl groups excluding tert-OH is 1.